The number of rotatable bonds is 7. The Hall–Kier alpha value is -1.96. The van der Waals surface area contributed by atoms with Gasteiger partial charge in [-0.3, -0.25) is 4.79 Å². The number of pyridine rings is 1. The summed E-state index contributed by atoms with van der Waals surface area (Å²) in [6, 6.07) is 14.0. The molecule has 0 radical (unpaired) electrons. The number of hydrogen-bond acceptors (Lipinski definition) is 4. The van der Waals surface area contributed by atoms with Gasteiger partial charge in [0.2, 0.25) is 0 Å². The molecule has 6 heteroatoms. The summed E-state index contributed by atoms with van der Waals surface area (Å²) in [5, 5.41) is 11.5. The van der Waals surface area contributed by atoms with E-state index >= 15 is 0 Å². The van der Waals surface area contributed by atoms with E-state index in [4.69, 9.17) is 9.84 Å². The van der Waals surface area contributed by atoms with Crippen molar-refractivity contribution in [3.05, 3.63) is 74.5 Å². The summed E-state index contributed by atoms with van der Waals surface area (Å²) in [7, 11) is 0. The summed E-state index contributed by atoms with van der Waals surface area (Å²) >= 11 is 0. The number of aromatic nitrogens is 1. The van der Waals surface area contributed by atoms with Gasteiger partial charge in [-0.05, 0) is 49.6 Å². The number of nitrogens with zero attached hydrogens (tertiary/aromatic N) is 1. The Kier molecular flexibility index (Phi) is 16.6. The van der Waals surface area contributed by atoms with Crippen LogP contribution in [0.4, 0.5) is 5.82 Å². The number of nitrogens with one attached hydrogen (secondary N) is 1. The third-order valence-corrected chi connectivity index (χ3v) is 4.50. The molecule has 3 rings (SSSR count). The van der Waals surface area contributed by atoms with Gasteiger partial charge in [-0.2, -0.15) is 12.8 Å². The van der Waals surface area contributed by atoms with E-state index in [2.05, 4.69) is 43.2 Å². The summed E-state index contributed by atoms with van der Waals surface area (Å²) in [5.41, 5.74) is 2.57. The van der Waals surface area contributed by atoms with Gasteiger partial charge in [-0.15, -0.1) is 0 Å². The van der Waals surface area contributed by atoms with E-state index in [1.165, 1.54) is 24.1 Å². The molecule has 31 heavy (non-hydrogen) atoms. The molecule has 1 aromatic heterocycles. The largest absolute Gasteiger partial charge is 1.00 e. The summed E-state index contributed by atoms with van der Waals surface area (Å²) in [6.45, 7) is 14.0. The van der Waals surface area contributed by atoms with Crippen molar-refractivity contribution in [2.24, 2.45) is 5.92 Å². The molecule has 5 nitrogen and oxygen atoms in total. The Labute approximate surface area is 200 Å². The van der Waals surface area contributed by atoms with Crippen molar-refractivity contribution in [2.75, 3.05) is 18.5 Å². The average molecular weight is 419 g/mol. The second-order valence-electron chi connectivity index (χ2n) is 6.99. The number of benzene rings is 1. The zero-order valence-corrected chi connectivity index (χ0v) is 19.1. The van der Waals surface area contributed by atoms with Gasteiger partial charge in [0, 0.05) is 18.2 Å². The van der Waals surface area contributed by atoms with Crippen LogP contribution in [0.5, 0.6) is 5.75 Å². The topological polar surface area (TPSA) is 71.5 Å². The van der Waals surface area contributed by atoms with Crippen molar-refractivity contribution in [3.63, 3.8) is 0 Å². The molecule has 0 unspecified atom stereocenters. The molecule has 0 fully saturated rings. The molecule has 2 N–H and O–H groups in total. The van der Waals surface area contributed by atoms with E-state index in [1.54, 1.807) is 6.92 Å². The van der Waals surface area contributed by atoms with E-state index in [1.807, 2.05) is 30.3 Å². The predicted molar refractivity (Wildman–Crippen MR) is 123 cm³/mol. The second kappa shape index (κ2) is 17.7. The van der Waals surface area contributed by atoms with E-state index in [0.717, 1.165) is 37.4 Å². The fraction of sp³-hybridized carbons (Fsp3) is 0.400. The number of ether oxygens (including phenoxy) is 1. The third kappa shape index (κ3) is 12.5. The quantitative estimate of drug-likeness (QED) is 0.534. The minimum Gasteiger partial charge on any atom is -0.525 e. The Morgan fingerprint density at radius 2 is 1.90 bits per heavy atom. The summed E-state index contributed by atoms with van der Waals surface area (Å²) in [6.07, 6.45) is 6.05. The molecule has 166 valence electrons. The van der Waals surface area contributed by atoms with Crippen LogP contribution in [0.3, 0.4) is 0 Å². The Morgan fingerprint density at radius 1 is 1.19 bits per heavy atom. The van der Waals surface area contributed by atoms with Gasteiger partial charge in [0.15, 0.2) is 0 Å². The molecule has 0 spiro atoms. The Morgan fingerprint density at radius 3 is 2.45 bits per heavy atom. The number of para-hydroxylation sites is 1. The molecule has 0 saturated heterocycles. The zero-order valence-electron chi connectivity index (χ0n) is 19.1. The average Bonchev–Trinajstić information content (AvgIpc) is 2.78. The van der Waals surface area contributed by atoms with Crippen LogP contribution in [0.25, 0.3) is 0 Å². The minimum absolute atomic E-state index is 0. The van der Waals surface area contributed by atoms with Crippen LogP contribution in [-0.2, 0) is 17.6 Å². The van der Waals surface area contributed by atoms with Crippen LogP contribution < -0.4 is 28.9 Å². The first-order valence-electron chi connectivity index (χ1n) is 10.5. The minimum atomic E-state index is -0.769. The van der Waals surface area contributed by atoms with Crippen molar-refractivity contribution in [1.82, 2.24) is 4.98 Å². The van der Waals surface area contributed by atoms with Crippen molar-refractivity contribution in [2.45, 2.75) is 45.4 Å². The first kappa shape index (κ1) is 29.0. The van der Waals surface area contributed by atoms with Crippen molar-refractivity contribution in [1.29, 1.82) is 0 Å². The van der Waals surface area contributed by atoms with E-state index in [9.17, 15) is 4.79 Å². The molecule has 1 aromatic carbocycles. The standard InChI is InChI=1S/C12H17N2.C8H9O.C5H9O2.Li/c1-2-3-6-11-8-7-10-5-4-9-13-12(10)14-11;1-2-9-8-6-4-3-5-7-8;1-3-4(2)5(6)7;/h7-8H,1-6,9H2,(H,13,14);3-7H,1-2H2;4H,1,3H2,2H3,(H,6,7);/q3*-1;+1/t;;4-;/m..0./s1. The maximum absolute atomic E-state index is 9.89. The van der Waals surface area contributed by atoms with Crippen LogP contribution in [0.15, 0.2) is 42.5 Å². The van der Waals surface area contributed by atoms with Gasteiger partial charge in [0.25, 0.3) is 0 Å². The van der Waals surface area contributed by atoms with E-state index < -0.39 is 5.97 Å². The number of hydrogen-bond donors (Lipinski definition) is 2. The third-order valence-electron chi connectivity index (χ3n) is 4.50. The first-order valence-corrected chi connectivity index (χ1v) is 10.5. The summed E-state index contributed by atoms with van der Waals surface area (Å²) in [4.78, 5) is 14.5. The maximum Gasteiger partial charge on any atom is 1.00 e. The fourth-order valence-corrected chi connectivity index (χ4v) is 2.57. The molecule has 1 aliphatic rings. The number of fused-ring (bicyclic) bond motifs is 1. The Balaban J connectivity index is 0.000000462. The number of carboxylic acid groups (broad SMARTS) is 1. The predicted octanol–water partition coefficient (Wildman–Crippen LogP) is 2.43. The van der Waals surface area contributed by atoms with Crippen molar-refractivity contribution in [3.8, 4) is 5.75 Å². The number of aryl methyl sites for hydroxylation is 2. The molecule has 0 aliphatic carbocycles. The smallest absolute Gasteiger partial charge is 0.525 e. The van der Waals surface area contributed by atoms with E-state index in [-0.39, 0.29) is 24.8 Å². The van der Waals surface area contributed by atoms with Gasteiger partial charge in [-0.1, -0.05) is 37.6 Å². The molecule has 1 aliphatic heterocycles. The molecule has 0 saturated carbocycles. The van der Waals surface area contributed by atoms with Gasteiger partial charge < -0.3 is 35.9 Å². The molecule has 0 bridgehead atoms. The van der Waals surface area contributed by atoms with Gasteiger partial charge in [0.05, 0.1) is 0 Å². The monoisotopic (exact) mass is 418 g/mol. The number of aliphatic carboxylic acids is 1. The molecular formula is C25H35LiN2O3-2. The first-order chi connectivity index (χ1) is 14.5. The molecule has 1 atom stereocenters. The molecule has 0 amide bonds. The van der Waals surface area contributed by atoms with Crippen LogP contribution in [-0.4, -0.2) is 29.2 Å². The summed E-state index contributed by atoms with van der Waals surface area (Å²) in [5.74, 6) is 0.931. The van der Waals surface area contributed by atoms with Gasteiger partial charge in [-0.25, -0.2) is 4.98 Å². The molecular weight excluding hydrogens is 383 g/mol. The van der Waals surface area contributed by atoms with Crippen molar-refractivity contribution >= 4 is 11.8 Å². The molecule has 2 aromatic rings. The van der Waals surface area contributed by atoms with Crippen LogP contribution >= 0.6 is 0 Å². The normalized spacial score (nSPS) is 12.3. The van der Waals surface area contributed by atoms with E-state index in [0.29, 0.717) is 13.0 Å². The van der Waals surface area contributed by atoms with Gasteiger partial charge >= 0.3 is 24.8 Å². The zero-order chi connectivity index (χ0) is 22.2. The Bertz CT molecular complexity index is 726. The fourth-order valence-electron chi connectivity index (χ4n) is 2.57. The second-order valence-corrected chi connectivity index (χ2v) is 6.99. The van der Waals surface area contributed by atoms with Gasteiger partial charge in [0.1, 0.15) is 11.6 Å². The molecule has 2 heterocycles. The SMILES string of the molecule is [CH2-]CCCc1ccc2c(n1)NCCC2.[CH2-]COc1ccccc1.[CH2-]C[C@H](C)C(=O)O.[Li+]. The number of unbranched alkanes of at least 4 members (excludes halogenated alkanes) is 1. The number of carbonyl (C=O) groups is 1. The van der Waals surface area contributed by atoms with Crippen molar-refractivity contribution < 1.29 is 33.5 Å². The number of anilines is 1. The van der Waals surface area contributed by atoms with Crippen LogP contribution in [0.1, 0.15) is 43.9 Å². The van der Waals surface area contributed by atoms with Crippen LogP contribution in [0, 0.1) is 26.7 Å². The van der Waals surface area contributed by atoms with Crippen LogP contribution in [0.2, 0.25) is 0 Å². The number of carboxylic acids is 1. The maximum atomic E-state index is 9.89. The summed E-state index contributed by atoms with van der Waals surface area (Å²) < 4.78 is 5.09.